The quantitative estimate of drug-likeness (QED) is 0.502. The first-order chi connectivity index (χ1) is 12.7. The second-order valence-corrected chi connectivity index (χ2v) is 6.31. The molecule has 0 bridgehead atoms. The minimum absolute atomic E-state index is 0.237. The summed E-state index contributed by atoms with van der Waals surface area (Å²) in [6.07, 6.45) is 0. The Morgan fingerprint density at radius 3 is 2.54 bits per heavy atom. The van der Waals surface area contributed by atoms with Crippen LogP contribution in [-0.2, 0) is 0 Å². The van der Waals surface area contributed by atoms with Crippen LogP contribution in [0.1, 0.15) is 10.4 Å². The number of nitrogens with zero attached hydrogens (tertiary/aromatic N) is 1. The first-order valence-electron chi connectivity index (χ1n) is 8.23. The van der Waals surface area contributed by atoms with E-state index >= 15 is 0 Å². The summed E-state index contributed by atoms with van der Waals surface area (Å²) in [5.41, 5.74) is 3.88. The number of fused-ring (bicyclic) bond motifs is 1. The number of nitrogens with one attached hydrogen (secondary N) is 1. The molecule has 1 aromatic heterocycles. The summed E-state index contributed by atoms with van der Waals surface area (Å²) < 4.78 is 0. The molecule has 0 aliphatic rings. The van der Waals surface area contributed by atoms with Gasteiger partial charge in [-0.1, -0.05) is 60.1 Å². The molecule has 0 saturated carbocycles. The molecule has 1 heterocycles. The summed E-state index contributed by atoms with van der Waals surface area (Å²) >= 11 is 6.10. The summed E-state index contributed by atoms with van der Waals surface area (Å²) in [7, 11) is 0. The average molecular weight is 359 g/mol. The highest BCUT2D eigenvalue weighted by molar-refractivity contribution is 6.34. The second-order valence-electron chi connectivity index (χ2n) is 5.90. The first kappa shape index (κ1) is 16.3. The fourth-order valence-corrected chi connectivity index (χ4v) is 3.05. The molecule has 0 radical (unpaired) electrons. The Balaban J connectivity index is 1.64. The zero-order valence-electron chi connectivity index (χ0n) is 13.8. The van der Waals surface area contributed by atoms with Gasteiger partial charge in [0.05, 0.1) is 21.8 Å². The number of halogens is 1. The maximum atomic E-state index is 12.4. The number of anilines is 1. The van der Waals surface area contributed by atoms with E-state index in [1.54, 1.807) is 24.3 Å². The Kier molecular flexibility index (Phi) is 4.38. The maximum absolute atomic E-state index is 12.4. The molecule has 1 N–H and O–H groups in total. The van der Waals surface area contributed by atoms with E-state index in [1.807, 2.05) is 60.7 Å². The van der Waals surface area contributed by atoms with Crippen molar-refractivity contribution in [3.05, 3.63) is 95.5 Å². The summed E-state index contributed by atoms with van der Waals surface area (Å²) in [6, 6.07) is 26.6. The largest absolute Gasteiger partial charge is 0.322 e. The molecule has 3 nitrogen and oxygen atoms in total. The maximum Gasteiger partial charge on any atom is 0.257 e. The van der Waals surface area contributed by atoms with Crippen LogP contribution in [0.2, 0.25) is 5.02 Å². The number of para-hydroxylation sites is 1. The van der Waals surface area contributed by atoms with Crippen molar-refractivity contribution in [3.63, 3.8) is 0 Å². The molecule has 26 heavy (non-hydrogen) atoms. The Bertz CT molecular complexity index is 1110. The lowest BCUT2D eigenvalue weighted by molar-refractivity contribution is 0.102. The van der Waals surface area contributed by atoms with Crippen molar-refractivity contribution < 1.29 is 4.79 Å². The van der Waals surface area contributed by atoms with Gasteiger partial charge in [0, 0.05) is 16.6 Å². The number of carbonyl (C=O) groups is 1. The molecule has 4 rings (SSSR count). The summed E-state index contributed by atoms with van der Waals surface area (Å²) in [5.74, 6) is -0.237. The molecule has 0 aliphatic heterocycles. The van der Waals surface area contributed by atoms with Crippen molar-refractivity contribution >= 4 is 34.1 Å². The highest BCUT2D eigenvalue weighted by Gasteiger charge is 2.10. The van der Waals surface area contributed by atoms with Crippen molar-refractivity contribution in [2.75, 3.05) is 5.32 Å². The van der Waals surface area contributed by atoms with Crippen LogP contribution < -0.4 is 5.32 Å². The van der Waals surface area contributed by atoms with Gasteiger partial charge in [-0.05, 0) is 36.4 Å². The van der Waals surface area contributed by atoms with Crippen molar-refractivity contribution in [3.8, 4) is 11.3 Å². The number of hydrogen-bond donors (Lipinski definition) is 1. The van der Waals surface area contributed by atoms with E-state index in [2.05, 4.69) is 5.32 Å². The third-order valence-corrected chi connectivity index (χ3v) is 4.46. The summed E-state index contributed by atoms with van der Waals surface area (Å²) in [6.45, 7) is 0. The SMILES string of the molecule is O=C(Nc1cccc(-c2ccc3ccccc3n2)c1)c1ccccc1Cl. The minimum Gasteiger partial charge on any atom is -0.322 e. The van der Waals surface area contributed by atoms with Gasteiger partial charge in [-0.2, -0.15) is 0 Å². The molecule has 0 saturated heterocycles. The van der Waals surface area contributed by atoms with Crippen LogP contribution in [0.3, 0.4) is 0 Å². The van der Waals surface area contributed by atoms with Gasteiger partial charge in [0.15, 0.2) is 0 Å². The Hall–Kier alpha value is -3.17. The Labute approximate surface area is 156 Å². The zero-order valence-corrected chi connectivity index (χ0v) is 14.6. The molecule has 0 unspecified atom stereocenters. The van der Waals surface area contributed by atoms with Crippen molar-refractivity contribution in [2.24, 2.45) is 0 Å². The molecule has 0 atom stereocenters. The van der Waals surface area contributed by atoms with Crippen LogP contribution in [0.15, 0.2) is 84.9 Å². The van der Waals surface area contributed by atoms with E-state index in [-0.39, 0.29) is 5.91 Å². The van der Waals surface area contributed by atoms with Crippen LogP contribution in [-0.4, -0.2) is 10.9 Å². The van der Waals surface area contributed by atoms with E-state index in [1.165, 1.54) is 0 Å². The highest BCUT2D eigenvalue weighted by Crippen LogP contribution is 2.24. The fourth-order valence-electron chi connectivity index (χ4n) is 2.83. The number of carbonyl (C=O) groups excluding carboxylic acids is 1. The molecular weight excluding hydrogens is 344 g/mol. The number of amides is 1. The normalized spacial score (nSPS) is 10.7. The number of rotatable bonds is 3. The number of pyridine rings is 1. The molecule has 126 valence electrons. The van der Waals surface area contributed by atoms with Crippen molar-refractivity contribution in [1.29, 1.82) is 0 Å². The van der Waals surface area contributed by atoms with Gasteiger partial charge in [0.1, 0.15) is 0 Å². The van der Waals surface area contributed by atoms with Crippen LogP contribution in [0.4, 0.5) is 5.69 Å². The molecular formula is C22H15ClN2O. The molecule has 3 aromatic carbocycles. The summed E-state index contributed by atoms with van der Waals surface area (Å²) in [5, 5.41) is 4.42. The van der Waals surface area contributed by atoms with E-state index < -0.39 is 0 Å². The smallest absolute Gasteiger partial charge is 0.257 e. The van der Waals surface area contributed by atoms with Gasteiger partial charge < -0.3 is 5.32 Å². The van der Waals surface area contributed by atoms with Crippen molar-refractivity contribution in [2.45, 2.75) is 0 Å². The number of aromatic nitrogens is 1. The molecule has 0 spiro atoms. The number of benzene rings is 3. The van der Waals surface area contributed by atoms with Crippen LogP contribution in [0, 0.1) is 0 Å². The highest BCUT2D eigenvalue weighted by atomic mass is 35.5. The molecule has 1 amide bonds. The number of hydrogen-bond acceptors (Lipinski definition) is 2. The molecule has 4 heteroatoms. The van der Waals surface area contributed by atoms with E-state index in [9.17, 15) is 4.79 Å². The van der Waals surface area contributed by atoms with Crippen LogP contribution in [0.5, 0.6) is 0 Å². The second kappa shape index (κ2) is 6.98. The topological polar surface area (TPSA) is 42.0 Å². The monoisotopic (exact) mass is 358 g/mol. The Morgan fingerprint density at radius 1 is 0.846 bits per heavy atom. The van der Waals surface area contributed by atoms with Crippen LogP contribution >= 0.6 is 11.6 Å². The van der Waals surface area contributed by atoms with Gasteiger partial charge in [-0.3, -0.25) is 4.79 Å². The standard InChI is InChI=1S/C22H15ClN2O/c23-19-10-3-2-9-18(19)22(26)24-17-8-5-7-16(14-17)21-13-12-15-6-1-4-11-20(15)25-21/h1-14H,(H,24,26). The van der Waals surface area contributed by atoms with Gasteiger partial charge >= 0.3 is 0 Å². The lowest BCUT2D eigenvalue weighted by Crippen LogP contribution is -2.12. The van der Waals surface area contributed by atoms with E-state index in [0.717, 1.165) is 22.2 Å². The predicted molar refractivity (Wildman–Crippen MR) is 107 cm³/mol. The third-order valence-electron chi connectivity index (χ3n) is 4.13. The lowest BCUT2D eigenvalue weighted by atomic mass is 10.1. The molecule has 0 aliphatic carbocycles. The third kappa shape index (κ3) is 3.30. The van der Waals surface area contributed by atoms with Gasteiger partial charge in [-0.15, -0.1) is 0 Å². The predicted octanol–water partition coefficient (Wildman–Crippen LogP) is 5.81. The van der Waals surface area contributed by atoms with Gasteiger partial charge in [-0.25, -0.2) is 4.98 Å². The fraction of sp³-hybridized carbons (Fsp3) is 0. The van der Waals surface area contributed by atoms with Crippen LogP contribution in [0.25, 0.3) is 22.2 Å². The van der Waals surface area contributed by atoms with E-state index in [0.29, 0.717) is 16.3 Å². The van der Waals surface area contributed by atoms with E-state index in [4.69, 9.17) is 16.6 Å². The van der Waals surface area contributed by atoms with Crippen molar-refractivity contribution in [1.82, 2.24) is 4.98 Å². The first-order valence-corrected chi connectivity index (χ1v) is 8.61. The van der Waals surface area contributed by atoms with Gasteiger partial charge in [0.25, 0.3) is 5.91 Å². The molecule has 0 fully saturated rings. The Morgan fingerprint density at radius 2 is 1.65 bits per heavy atom. The summed E-state index contributed by atoms with van der Waals surface area (Å²) in [4.78, 5) is 17.2. The average Bonchev–Trinajstić information content (AvgIpc) is 2.68. The molecule has 4 aromatic rings. The minimum atomic E-state index is -0.237. The van der Waals surface area contributed by atoms with Gasteiger partial charge in [0.2, 0.25) is 0 Å². The lowest BCUT2D eigenvalue weighted by Gasteiger charge is -2.09. The zero-order chi connectivity index (χ0) is 17.9.